The number of para-hydroxylation sites is 1. The maximum Gasteiger partial charge on any atom is 0.315 e. The Morgan fingerprint density at radius 1 is 1.17 bits per heavy atom. The predicted octanol–water partition coefficient (Wildman–Crippen LogP) is 2.56. The van der Waals surface area contributed by atoms with Crippen LogP contribution in [0.5, 0.6) is 0 Å². The Hall–Kier alpha value is -2.60. The highest BCUT2D eigenvalue weighted by Crippen LogP contribution is 2.06. The molecule has 2 rings (SSSR count). The Morgan fingerprint density at radius 3 is 2.57 bits per heavy atom. The molecule has 6 nitrogen and oxygen atoms in total. The number of nitrogens with zero attached hydrogens (tertiary/aromatic N) is 1. The summed E-state index contributed by atoms with van der Waals surface area (Å²) in [6, 6.07) is 11.4. The standard InChI is InChI=1S/C16H17ClN4O2/c1-11(15(22)21-13-5-3-2-4-6-13)20-16(23)19-10-12-7-8-14(17)18-9-12/h2-9,11H,10H2,1H3,(H,21,22)(H2,19,20,23). The van der Waals surface area contributed by atoms with Crippen LogP contribution in [0.1, 0.15) is 12.5 Å². The van der Waals surface area contributed by atoms with Gasteiger partial charge in [0, 0.05) is 18.4 Å². The van der Waals surface area contributed by atoms with Crippen LogP contribution < -0.4 is 16.0 Å². The van der Waals surface area contributed by atoms with Crippen LogP contribution in [0, 0.1) is 0 Å². The molecule has 0 saturated carbocycles. The Balaban J connectivity index is 1.77. The fraction of sp³-hybridized carbons (Fsp3) is 0.188. The van der Waals surface area contributed by atoms with Gasteiger partial charge >= 0.3 is 6.03 Å². The SMILES string of the molecule is CC(NC(=O)NCc1ccc(Cl)nc1)C(=O)Nc1ccccc1. The van der Waals surface area contributed by atoms with Gasteiger partial charge in [0.25, 0.3) is 0 Å². The van der Waals surface area contributed by atoms with Gasteiger partial charge in [-0.1, -0.05) is 35.9 Å². The average Bonchev–Trinajstić information content (AvgIpc) is 2.55. The van der Waals surface area contributed by atoms with Crippen molar-refractivity contribution in [3.05, 3.63) is 59.4 Å². The van der Waals surface area contributed by atoms with E-state index in [-0.39, 0.29) is 5.91 Å². The summed E-state index contributed by atoms with van der Waals surface area (Å²) in [7, 11) is 0. The van der Waals surface area contributed by atoms with Gasteiger partial charge in [0.15, 0.2) is 0 Å². The highest BCUT2D eigenvalue weighted by molar-refractivity contribution is 6.29. The van der Waals surface area contributed by atoms with E-state index in [0.29, 0.717) is 17.4 Å². The number of halogens is 1. The largest absolute Gasteiger partial charge is 0.334 e. The summed E-state index contributed by atoms with van der Waals surface area (Å²) in [4.78, 5) is 27.7. The van der Waals surface area contributed by atoms with Crippen LogP contribution >= 0.6 is 11.6 Å². The summed E-state index contributed by atoms with van der Waals surface area (Å²) in [6.07, 6.45) is 1.58. The summed E-state index contributed by atoms with van der Waals surface area (Å²) in [6.45, 7) is 1.91. The number of hydrogen-bond acceptors (Lipinski definition) is 3. The summed E-state index contributed by atoms with van der Waals surface area (Å²) in [5.41, 5.74) is 1.49. The molecule has 0 saturated heterocycles. The summed E-state index contributed by atoms with van der Waals surface area (Å²) < 4.78 is 0. The number of rotatable bonds is 5. The maximum atomic E-state index is 12.0. The van der Waals surface area contributed by atoms with Crippen LogP contribution in [0.3, 0.4) is 0 Å². The molecule has 0 spiro atoms. The zero-order valence-corrected chi connectivity index (χ0v) is 13.3. The van der Waals surface area contributed by atoms with E-state index in [4.69, 9.17) is 11.6 Å². The minimum atomic E-state index is -0.668. The minimum Gasteiger partial charge on any atom is -0.334 e. The molecule has 7 heteroatoms. The van der Waals surface area contributed by atoms with Crippen LogP contribution in [-0.4, -0.2) is 23.0 Å². The summed E-state index contributed by atoms with van der Waals surface area (Å²) >= 11 is 5.69. The van der Waals surface area contributed by atoms with E-state index in [0.717, 1.165) is 5.56 Å². The van der Waals surface area contributed by atoms with E-state index in [2.05, 4.69) is 20.9 Å². The number of hydrogen-bond donors (Lipinski definition) is 3. The first-order chi connectivity index (χ1) is 11.0. The van der Waals surface area contributed by atoms with Crippen molar-refractivity contribution in [1.82, 2.24) is 15.6 Å². The monoisotopic (exact) mass is 332 g/mol. The lowest BCUT2D eigenvalue weighted by molar-refractivity contribution is -0.117. The highest BCUT2D eigenvalue weighted by Gasteiger charge is 2.15. The molecule has 1 aromatic heterocycles. The van der Waals surface area contributed by atoms with Crippen molar-refractivity contribution in [2.24, 2.45) is 0 Å². The number of carbonyl (C=O) groups is 2. The molecule has 1 atom stereocenters. The zero-order chi connectivity index (χ0) is 16.7. The zero-order valence-electron chi connectivity index (χ0n) is 12.5. The van der Waals surface area contributed by atoms with Gasteiger partial charge in [0.2, 0.25) is 5.91 Å². The molecule has 0 radical (unpaired) electrons. The molecule has 0 aliphatic carbocycles. The quantitative estimate of drug-likeness (QED) is 0.736. The van der Waals surface area contributed by atoms with Crippen molar-refractivity contribution in [2.75, 3.05) is 5.32 Å². The molecule has 0 fully saturated rings. The van der Waals surface area contributed by atoms with E-state index in [1.165, 1.54) is 0 Å². The Labute approximate surface area is 139 Å². The lowest BCUT2D eigenvalue weighted by atomic mass is 10.2. The van der Waals surface area contributed by atoms with Gasteiger partial charge in [-0.2, -0.15) is 0 Å². The van der Waals surface area contributed by atoms with Gasteiger partial charge in [-0.05, 0) is 30.7 Å². The van der Waals surface area contributed by atoms with Crippen molar-refractivity contribution in [1.29, 1.82) is 0 Å². The number of amides is 3. The molecule has 0 aliphatic heterocycles. The first-order valence-electron chi connectivity index (χ1n) is 7.05. The van der Waals surface area contributed by atoms with Gasteiger partial charge in [-0.15, -0.1) is 0 Å². The third-order valence-corrected chi connectivity index (χ3v) is 3.25. The fourth-order valence-electron chi connectivity index (χ4n) is 1.78. The molecule has 3 N–H and O–H groups in total. The third-order valence-electron chi connectivity index (χ3n) is 3.02. The second-order valence-electron chi connectivity index (χ2n) is 4.89. The molecule has 1 unspecified atom stereocenters. The van der Waals surface area contributed by atoms with Gasteiger partial charge in [0.05, 0.1) is 0 Å². The second-order valence-corrected chi connectivity index (χ2v) is 5.28. The van der Waals surface area contributed by atoms with E-state index in [1.54, 1.807) is 37.4 Å². The van der Waals surface area contributed by atoms with Gasteiger partial charge in [-0.3, -0.25) is 4.79 Å². The predicted molar refractivity (Wildman–Crippen MR) is 89.2 cm³/mol. The Bertz CT molecular complexity index is 662. The fourth-order valence-corrected chi connectivity index (χ4v) is 1.89. The molecule has 1 heterocycles. The molecule has 23 heavy (non-hydrogen) atoms. The Morgan fingerprint density at radius 2 is 1.91 bits per heavy atom. The van der Waals surface area contributed by atoms with E-state index >= 15 is 0 Å². The first kappa shape index (κ1) is 16.8. The second kappa shape index (κ2) is 8.14. The van der Waals surface area contributed by atoms with Crippen molar-refractivity contribution >= 4 is 29.2 Å². The third kappa shape index (κ3) is 5.60. The number of anilines is 1. The lowest BCUT2D eigenvalue weighted by Crippen LogP contribution is -2.46. The molecule has 0 aliphatic rings. The maximum absolute atomic E-state index is 12.0. The number of benzene rings is 1. The lowest BCUT2D eigenvalue weighted by Gasteiger charge is -2.14. The van der Waals surface area contributed by atoms with Crippen molar-refractivity contribution in [3.63, 3.8) is 0 Å². The van der Waals surface area contributed by atoms with Crippen LogP contribution in [0.15, 0.2) is 48.7 Å². The number of carbonyl (C=O) groups excluding carboxylic acids is 2. The van der Waals surface area contributed by atoms with Gasteiger partial charge in [0.1, 0.15) is 11.2 Å². The normalized spacial score (nSPS) is 11.4. The van der Waals surface area contributed by atoms with E-state index in [1.807, 2.05) is 18.2 Å². The number of aromatic nitrogens is 1. The van der Waals surface area contributed by atoms with E-state index < -0.39 is 12.1 Å². The van der Waals surface area contributed by atoms with E-state index in [9.17, 15) is 9.59 Å². The highest BCUT2D eigenvalue weighted by atomic mass is 35.5. The number of urea groups is 1. The summed E-state index contributed by atoms with van der Waals surface area (Å²) in [5.74, 6) is -0.292. The molecular formula is C16H17ClN4O2. The van der Waals surface area contributed by atoms with Crippen molar-refractivity contribution < 1.29 is 9.59 Å². The molecule has 2 aromatic rings. The molecular weight excluding hydrogens is 316 g/mol. The molecule has 120 valence electrons. The number of nitrogens with one attached hydrogen (secondary N) is 3. The smallest absolute Gasteiger partial charge is 0.315 e. The molecule has 0 bridgehead atoms. The molecule has 1 aromatic carbocycles. The van der Waals surface area contributed by atoms with Crippen molar-refractivity contribution in [3.8, 4) is 0 Å². The van der Waals surface area contributed by atoms with Crippen LogP contribution in [0.4, 0.5) is 10.5 Å². The topological polar surface area (TPSA) is 83.1 Å². The van der Waals surface area contributed by atoms with Gasteiger partial charge < -0.3 is 16.0 Å². The Kier molecular flexibility index (Phi) is 5.94. The number of pyridine rings is 1. The first-order valence-corrected chi connectivity index (χ1v) is 7.43. The van der Waals surface area contributed by atoms with Crippen LogP contribution in [0.25, 0.3) is 0 Å². The van der Waals surface area contributed by atoms with Crippen LogP contribution in [-0.2, 0) is 11.3 Å². The van der Waals surface area contributed by atoms with Crippen LogP contribution in [0.2, 0.25) is 5.15 Å². The minimum absolute atomic E-state index is 0.292. The average molecular weight is 333 g/mol. The van der Waals surface area contributed by atoms with Gasteiger partial charge in [-0.25, -0.2) is 9.78 Å². The summed E-state index contributed by atoms with van der Waals surface area (Å²) in [5, 5.41) is 8.34. The molecule has 3 amide bonds. The van der Waals surface area contributed by atoms with Crippen molar-refractivity contribution in [2.45, 2.75) is 19.5 Å².